The number of nitrogens with zero attached hydrogens (tertiary/aromatic N) is 3. The van der Waals surface area contributed by atoms with Crippen LogP contribution in [0.3, 0.4) is 0 Å². The Morgan fingerprint density at radius 2 is 2.09 bits per heavy atom. The molecule has 0 bridgehead atoms. The van der Waals surface area contributed by atoms with Gasteiger partial charge in [-0.15, -0.1) is 23.1 Å². The summed E-state index contributed by atoms with van der Waals surface area (Å²) in [5.41, 5.74) is 11.2. The van der Waals surface area contributed by atoms with E-state index in [4.69, 9.17) is 16.3 Å². The lowest BCUT2D eigenvalue weighted by Gasteiger charge is -2.49. The van der Waals surface area contributed by atoms with Crippen LogP contribution in [-0.2, 0) is 28.8 Å². The number of β-lactam (4-membered cyclic amide) rings is 1. The zero-order valence-electron chi connectivity index (χ0n) is 17.1. The molecule has 1 aromatic heterocycles. The monoisotopic (exact) mass is 513 g/mol. The average Bonchev–Trinajstić information content (AvgIpc) is 3.20. The number of aromatic nitrogens is 1. The number of nitrogen functional groups attached to an aromatic ring is 1. The van der Waals surface area contributed by atoms with Crippen LogP contribution < -0.4 is 22.1 Å². The molecule has 1 aromatic rings. The lowest BCUT2D eigenvalue weighted by Crippen LogP contribution is -2.70. The van der Waals surface area contributed by atoms with Gasteiger partial charge in [0, 0.05) is 17.7 Å². The van der Waals surface area contributed by atoms with Gasteiger partial charge in [-0.25, -0.2) is 4.98 Å². The fourth-order valence-corrected chi connectivity index (χ4v) is 5.39. The Morgan fingerprint density at radius 3 is 2.67 bits per heavy atom. The maximum atomic E-state index is 12.8. The van der Waals surface area contributed by atoms with Crippen molar-refractivity contribution >= 4 is 75.3 Å². The molecule has 2 aliphatic heterocycles. The molecule has 13 nitrogen and oxygen atoms in total. The van der Waals surface area contributed by atoms with Crippen LogP contribution >= 0.6 is 35.7 Å². The predicted molar refractivity (Wildman–Crippen MR) is 123 cm³/mol. The first kappa shape index (κ1) is 24.5. The van der Waals surface area contributed by atoms with Crippen LogP contribution in [0.15, 0.2) is 21.8 Å². The number of nitrogens with two attached hydrogens (primary N) is 2. The highest BCUT2D eigenvalue weighted by Gasteiger charge is 2.53. The van der Waals surface area contributed by atoms with Crippen molar-refractivity contribution in [3.63, 3.8) is 0 Å². The molecular weight excluding hydrogens is 494 g/mol. The fourth-order valence-electron chi connectivity index (χ4n) is 3.19. The minimum absolute atomic E-state index is 0.0443. The summed E-state index contributed by atoms with van der Waals surface area (Å²) in [5, 5.41) is 9.20. The van der Waals surface area contributed by atoms with Crippen molar-refractivity contribution in [1.82, 2.24) is 20.5 Å². The zero-order chi connectivity index (χ0) is 24.3. The van der Waals surface area contributed by atoms with Gasteiger partial charge in [-0.2, -0.15) is 0 Å². The number of thioether (sulfide) groups is 1. The van der Waals surface area contributed by atoms with E-state index in [0.717, 1.165) is 11.3 Å². The quantitative estimate of drug-likeness (QED) is 0.0872. The second-order valence-corrected chi connectivity index (χ2v) is 9.08. The average molecular weight is 514 g/mol. The van der Waals surface area contributed by atoms with Crippen LogP contribution in [0.5, 0.6) is 0 Å². The standard InChI is InChI=1S/C17H19N7O6S3/c1-30-23-8(7-5-33-17(19)21-7)12(26)22-9-14(28)24-10(16(29)31)6(4-32-15(9)24)2-3-20-13(27)11(18)25/h5,9,15H,2-4H2,1H3,(H2,18,25)(H2,19,21)(H,20,27)(H,22,26)(H,29,31)/b23-8-/t9?,15-/m1/s1. The summed E-state index contributed by atoms with van der Waals surface area (Å²) in [6.45, 7) is 0.0443. The number of hydrogen-bond acceptors (Lipinski definition) is 11. The Hall–Kier alpha value is -3.11. The molecular formula is C17H19N7O6S3. The lowest BCUT2D eigenvalue weighted by atomic mass is 10.0. The Kier molecular flexibility index (Phi) is 7.60. The molecule has 16 heteroatoms. The van der Waals surface area contributed by atoms with E-state index in [0.29, 0.717) is 11.3 Å². The van der Waals surface area contributed by atoms with E-state index in [1.165, 1.54) is 29.2 Å². The number of nitrogens with one attached hydrogen (secondary N) is 2. The molecule has 0 aliphatic carbocycles. The molecule has 0 aromatic carbocycles. The number of rotatable bonds is 8. The topological polar surface area (TPSA) is 199 Å². The molecule has 2 atom stereocenters. The van der Waals surface area contributed by atoms with Gasteiger partial charge in [-0.05, 0) is 12.0 Å². The van der Waals surface area contributed by atoms with E-state index in [1.54, 1.807) is 0 Å². The molecule has 0 radical (unpaired) electrons. The molecule has 1 unspecified atom stereocenters. The fraction of sp³-hybridized carbons (Fsp3) is 0.353. The van der Waals surface area contributed by atoms with E-state index < -0.39 is 40.2 Å². The first-order valence-electron chi connectivity index (χ1n) is 9.26. The Morgan fingerprint density at radius 1 is 1.36 bits per heavy atom. The van der Waals surface area contributed by atoms with Crippen LogP contribution in [0.25, 0.3) is 0 Å². The second kappa shape index (κ2) is 10.2. The highest BCUT2D eigenvalue weighted by molar-refractivity contribution is 8.00. The smallest absolute Gasteiger partial charge is 0.309 e. The van der Waals surface area contributed by atoms with Crippen LogP contribution in [0.2, 0.25) is 0 Å². The first-order chi connectivity index (χ1) is 15.6. The number of thiol groups is 1. The summed E-state index contributed by atoms with van der Waals surface area (Å²) in [6.07, 6.45) is 0.205. The number of carbonyl (C=O) groups is 5. The second-order valence-electron chi connectivity index (χ2n) is 6.68. The number of oxime groups is 1. The van der Waals surface area contributed by atoms with Crippen molar-refractivity contribution < 1.29 is 28.8 Å². The van der Waals surface area contributed by atoms with Crippen molar-refractivity contribution in [2.75, 3.05) is 25.1 Å². The van der Waals surface area contributed by atoms with Gasteiger partial charge in [0.1, 0.15) is 24.2 Å². The van der Waals surface area contributed by atoms with Crippen molar-refractivity contribution in [3.8, 4) is 0 Å². The molecule has 176 valence electrons. The molecule has 33 heavy (non-hydrogen) atoms. The summed E-state index contributed by atoms with van der Waals surface area (Å²) in [4.78, 5) is 69.8. The number of amides is 4. The van der Waals surface area contributed by atoms with Gasteiger partial charge in [0.05, 0.1) is 5.70 Å². The normalized spacial score (nSPS) is 20.0. The van der Waals surface area contributed by atoms with E-state index in [2.05, 4.69) is 33.4 Å². The van der Waals surface area contributed by atoms with Gasteiger partial charge in [-0.3, -0.25) is 28.9 Å². The minimum Gasteiger partial charge on any atom is -0.398 e. The van der Waals surface area contributed by atoms with Gasteiger partial charge < -0.3 is 26.9 Å². The third kappa shape index (κ3) is 5.12. The van der Waals surface area contributed by atoms with E-state index in [1.807, 2.05) is 0 Å². The Bertz CT molecular complexity index is 1080. The van der Waals surface area contributed by atoms with Gasteiger partial charge in [-0.1, -0.05) is 17.8 Å². The van der Waals surface area contributed by atoms with Crippen molar-refractivity contribution in [2.24, 2.45) is 10.9 Å². The number of thiazole rings is 1. The van der Waals surface area contributed by atoms with E-state index >= 15 is 0 Å². The van der Waals surface area contributed by atoms with Gasteiger partial charge in [0.15, 0.2) is 10.8 Å². The Balaban J connectivity index is 1.72. The predicted octanol–water partition coefficient (Wildman–Crippen LogP) is -1.82. The summed E-state index contributed by atoms with van der Waals surface area (Å²) in [5.74, 6) is -2.93. The van der Waals surface area contributed by atoms with E-state index in [9.17, 15) is 24.0 Å². The molecule has 3 rings (SSSR count). The summed E-state index contributed by atoms with van der Waals surface area (Å²) < 4.78 is 0. The van der Waals surface area contributed by atoms with E-state index in [-0.39, 0.29) is 35.2 Å². The number of hydrogen-bond donors (Lipinski definition) is 5. The highest BCUT2D eigenvalue weighted by Crippen LogP contribution is 2.41. The van der Waals surface area contributed by atoms with Gasteiger partial charge >= 0.3 is 11.8 Å². The Labute approximate surface area is 200 Å². The SMILES string of the molecule is CO/N=C(\C(=O)NC1C(=O)N2C(C(=O)S)=C(CCNC(=O)C(N)=O)CS[C@H]12)c1csc(N)n1. The van der Waals surface area contributed by atoms with Crippen LogP contribution in [0, 0.1) is 0 Å². The number of fused-ring (bicyclic) bond motifs is 1. The highest BCUT2D eigenvalue weighted by atomic mass is 32.2. The van der Waals surface area contributed by atoms with Crippen LogP contribution in [0.4, 0.5) is 5.13 Å². The van der Waals surface area contributed by atoms with Crippen LogP contribution in [-0.4, -0.2) is 75.2 Å². The third-order valence-corrected chi connectivity index (χ3v) is 6.86. The molecule has 1 saturated heterocycles. The van der Waals surface area contributed by atoms with Crippen molar-refractivity contribution in [2.45, 2.75) is 17.8 Å². The number of carbonyl (C=O) groups excluding carboxylic acids is 5. The molecule has 1 fully saturated rings. The molecule has 2 aliphatic rings. The number of primary amides is 1. The zero-order valence-corrected chi connectivity index (χ0v) is 19.6. The third-order valence-electron chi connectivity index (χ3n) is 4.63. The van der Waals surface area contributed by atoms with Crippen LogP contribution in [0.1, 0.15) is 12.1 Å². The van der Waals surface area contributed by atoms with Crippen molar-refractivity contribution in [1.29, 1.82) is 0 Å². The molecule has 3 heterocycles. The maximum absolute atomic E-state index is 12.8. The summed E-state index contributed by atoms with van der Waals surface area (Å²) in [6, 6.07) is -0.917. The van der Waals surface area contributed by atoms with Gasteiger partial charge in [0.2, 0.25) is 5.12 Å². The maximum Gasteiger partial charge on any atom is 0.309 e. The lowest BCUT2D eigenvalue weighted by molar-refractivity contribution is -0.146. The summed E-state index contributed by atoms with van der Waals surface area (Å²) in [7, 11) is 1.26. The first-order valence-corrected chi connectivity index (χ1v) is 11.6. The molecule has 6 N–H and O–H groups in total. The largest absolute Gasteiger partial charge is 0.398 e. The molecule has 0 saturated carbocycles. The molecule has 4 amide bonds. The minimum atomic E-state index is -1.12. The number of anilines is 1. The summed E-state index contributed by atoms with van der Waals surface area (Å²) >= 11 is 6.31. The van der Waals surface area contributed by atoms with Gasteiger partial charge in [0.25, 0.3) is 11.8 Å². The molecule has 0 spiro atoms. The van der Waals surface area contributed by atoms with Crippen molar-refractivity contribution in [3.05, 3.63) is 22.3 Å².